The smallest absolute Gasteiger partial charge is 0.274 e. The Balaban J connectivity index is 1.60. The summed E-state index contributed by atoms with van der Waals surface area (Å²) in [6, 6.07) is 10.7. The van der Waals surface area contributed by atoms with Crippen LogP contribution >= 0.6 is 11.6 Å². The van der Waals surface area contributed by atoms with Crippen LogP contribution in [0.2, 0.25) is 5.02 Å². The second-order valence-corrected chi connectivity index (χ2v) is 6.02. The van der Waals surface area contributed by atoms with E-state index in [9.17, 15) is 4.79 Å². The molecule has 3 aromatic rings. The number of halogens is 1. The highest BCUT2D eigenvalue weighted by Gasteiger charge is 2.16. The molecule has 0 spiro atoms. The maximum Gasteiger partial charge on any atom is 0.274 e. The number of nitrogens with zero attached hydrogens (tertiary/aromatic N) is 5. The Kier molecular flexibility index (Phi) is 5.04. The van der Waals surface area contributed by atoms with Gasteiger partial charge in [-0.15, -0.1) is 0 Å². The topological polar surface area (TPSA) is 65.2 Å². The van der Waals surface area contributed by atoms with E-state index in [-0.39, 0.29) is 12.6 Å². The lowest BCUT2D eigenvalue weighted by atomic mass is 10.3. The van der Waals surface area contributed by atoms with Gasteiger partial charge in [0, 0.05) is 31.5 Å². The zero-order chi connectivity index (χ0) is 17.8. The van der Waals surface area contributed by atoms with E-state index < -0.39 is 0 Å². The van der Waals surface area contributed by atoms with E-state index in [1.54, 1.807) is 51.9 Å². The number of ether oxygens (including phenoxy) is 1. The molecule has 2 aromatic heterocycles. The van der Waals surface area contributed by atoms with Crippen molar-refractivity contribution >= 4 is 17.5 Å². The monoisotopic (exact) mass is 359 g/mol. The van der Waals surface area contributed by atoms with Crippen LogP contribution in [0, 0.1) is 0 Å². The summed E-state index contributed by atoms with van der Waals surface area (Å²) < 4.78 is 8.91. The van der Waals surface area contributed by atoms with Gasteiger partial charge in [-0.05, 0) is 30.3 Å². The second-order valence-electron chi connectivity index (χ2n) is 5.58. The highest BCUT2D eigenvalue weighted by molar-refractivity contribution is 6.30. The van der Waals surface area contributed by atoms with Gasteiger partial charge in [-0.2, -0.15) is 10.2 Å². The van der Waals surface area contributed by atoms with E-state index in [0.29, 0.717) is 23.0 Å². The summed E-state index contributed by atoms with van der Waals surface area (Å²) in [7, 11) is 3.58. The summed E-state index contributed by atoms with van der Waals surface area (Å²) in [4.78, 5) is 14.1. The van der Waals surface area contributed by atoms with Crippen molar-refractivity contribution in [1.82, 2.24) is 24.5 Å². The molecule has 1 amide bonds. The Morgan fingerprint density at radius 2 is 2.16 bits per heavy atom. The molecular weight excluding hydrogens is 342 g/mol. The van der Waals surface area contributed by atoms with Crippen molar-refractivity contribution in [2.45, 2.75) is 13.3 Å². The molecule has 25 heavy (non-hydrogen) atoms. The zero-order valence-electron chi connectivity index (χ0n) is 14.0. The fraction of sp³-hybridized carbons (Fsp3) is 0.235. The third-order valence-corrected chi connectivity index (χ3v) is 3.92. The van der Waals surface area contributed by atoms with Crippen LogP contribution in [0.3, 0.4) is 0 Å². The Labute approximate surface area is 150 Å². The standard InChI is InChI=1S/C17H18ClN5O2/c1-21(11-14-6-8-19-22(14)2)17(24)16-7-9-23(20-16)12-25-15-5-3-4-13(18)10-15/h3-10H,11-12H2,1-2H3. The first-order valence-electron chi connectivity index (χ1n) is 7.67. The summed E-state index contributed by atoms with van der Waals surface area (Å²) in [5.41, 5.74) is 1.30. The number of benzene rings is 1. The van der Waals surface area contributed by atoms with Crippen molar-refractivity contribution in [2.75, 3.05) is 7.05 Å². The van der Waals surface area contributed by atoms with E-state index >= 15 is 0 Å². The second kappa shape index (κ2) is 7.40. The zero-order valence-corrected chi connectivity index (χ0v) is 14.7. The van der Waals surface area contributed by atoms with Crippen LogP contribution in [-0.4, -0.2) is 37.4 Å². The lowest BCUT2D eigenvalue weighted by Crippen LogP contribution is -2.27. The first kappa shape index (κ1) is 17.0. The van der Waals surface area contributed by atoms with Crippen LogP contribution in [0.5, 0.6) is 5.75 Å². The number of aromatic nitrogens is 4. The number of rotatable bonds is 6. The number of aryl methyl sites for hydroxylation is 1. The third-order valence-electron chi connectivity index (χ3n) is 3.69. The fourth-order valence-corrected chi connectivity index (χ4v) is 2.49. The van der Waals surface area contributed by atoms with Gasteiger partial charge in [0.1, 0.15) is 5.75 Å². The summed E-state index contributed by atoms with van der Waals surface area (Å²) >= 11 is 5.92. The molecule has 130 valence electrons. The summed E-state index contributed by atoms with van der Waals surface area (Å²) in [6.07, 6.45) is 3.41. The Morgan fingerprint density at radius 3 is 2.88 bits per heavy atom. The minimum Gasteiger partial charge on any atom is -0.471 e. The molecule has 0 fully saturated rings. The van der Waals surface area contributed by atoms with Gasteiger partial charge in [0.2, 0.25) is 0 Å². The van der Waals surface area contributed by atoms with Crippen LogP contribution in [0.1, 0.15) is 16.2 Å². The molecule has 0 atom stereocenters. The number of hydrogen-bond acceptors (Lipinski definition) is 4. The molecule has 8 heteroatoms. The van der Waals surface area contributed by atoms with Gasteiger partial charge in [0.05, 0.1) is 12.2 Å². The molecule has 0 aliphatic heterocycles. The minimum absolute atomic E-state index is 0.164. The van der Waals surface area contributed by atoms with Gasteiger partial charge in [0.15, 0.2) is 12.4 Å². The van der Waals surface area contributed by atoms with Crippen LogP contribution in [0.15, 0.2) is 48.8 Å². The maximum atomic E-state index is 12.5. The molecule has 0 aliphatic carbocycles. The van der Waals surface area contributed by atoms with Gasteiger partial charge in [0.25, 0.3) is 5.91 Å². The minimum atomic E-state index is -0.164. The Bertz CT molecular complexity index is 873. The van der Waals surface area contributed by atoms with Crippen molar-refractivity contribution in [3.63, 3.8) is 0 Å². The van der Waals surface area contributed by atoms with Crippen LogP contribution < -0.4 is 4.74 Å². The summed E-state index contributed by atoms with van der Waals surface area (Å²) in [5.74, 6) is 0.479. The molecule has 1 aromatic carbocycles. The van der Waals surface area contributed by atoms with E-state index in [2.05, 4.69) is 10.2 Å². The molecule has 0 saturated heterocycles. The van der Waals surface area contributed by atoms with Crippen LogP contribution in [0.4, 0.5) is 0 Å². The molecular formula is C17H18ClN5O2. The van der Waals surface area contributed by atoms with Gasteiger partial charge in [-0.1, -0.05) is 17.7 Å². The predicted molar refractivity (Wildman–Crippen MR) is 93.3 cm³/mol. The van der Waals surface area contributed by atoms with Crippen LogP contribution in [-0.2, 0) is 20.3 Å². The highest BCUT2D eigenvalue weighted by atomic mass is 35.5. The lowest BCUT2D eigenvalue weighted by molar-refractivity contribution is 0.0774. The van der Waals surface area contributed by atoms with E-state index in [4.69, 9.17) is 16.3 Å². The van der Waals surface area contributed by atoms with E-state index in [0.717, 1.165) is 5.69 Å². The van der Waals surface area contributed by atoms with Crippen molar-refractivity contribution < 1.29 is 9.53 Å². The average molecular weight is 360 g/mol. The first-order chi connectivity index (χ1) is 12.0. The molecule has 0 bridgehead atoms. The number of hydrogen-bond donors (Lipinski definition) is 0. The fourth-order valence-electron chi connectivity index (χ4n) is 2.31. The molecule has 0 aliphatic rings. The van der Waals surface area contributed by atoms with Crippen molar-refractivity contribution in [3.05, 3.63) is 65.2 Å². The molecule has 2 heterocycles. The number of carbonyl (C=O) groups excluding carboxylic acids is 1. The summed E-state index contributed by atoms with van der Waals surface area (Å²) in [6.45, 7) is 0.653. The van der Waals surface area contributed by atoms with E-state index in [1.807, 2.05) is 25.2 Å². The Hall–Kier alpha value is -2.80. The average Bonchev–Trinajstić information content (AvgIpc) is 3.22. The normalized spacial score (nSPS) is 10.7. The number of amides is 1. The van der Waals surface area contributed by atoms with Gasteiger partial charge in [-0.3, -0.25) is 9.48 Å². The summed E-state index contributed by atoms with van der Waals surface area (Å²) in [5, 5.41) is 8.97. The van der Waals surface area contributed by atoms with Crippen molar-refractivity contribution in [2.24, 2.45) is 7.05 Å². The molecule has 0 unspecified atom stereocenters. The molecule has 0 N–H and O–H groups in total. The van der Waals surface area contributed by atoms with Gasteiger partial charge < -0.3 is 9.64 Å². The van der Waals surface area contributed by atoms with Crippen LogP contribution in [0.25, 0.3) is 0 Å². The van der Waals surface area contributed by atoms with E-state index in [1.165, 1.54) is 0 Å². The van der Waals surface area contributed by atoms with Gasteiger partial charge >= 0.3 is 0 Å². The first-order valence-corrected chi connectivity index (χ1v) is 8.05. The molecule has 3 rings (SSSR count). The van der Waals surface area contributed by atoms with Gasteiger partial charge in [-0.25, -0.2) is 4.68 Å². The van der Waals surface area contributed by atoms with Crippen molar-refractivity contribution in [1.29, 1.82) is 0 Å². The molecule has 0 saturated carbocycles. The lowest BCUT2D eigenvalue weighted by Gasteiger charge is -2.15. The SMILES string of the molecule is CN(Cc1ccnn1C)C(=O)c1ccn(COc2cccc(Cl)c2)n1. The van der Waals surface area contributed by atoms with Crippen molar-refractivity contribution in [3.8, 4) is 5.75 Å². The molecule has 0 radical (unpaired) electrons. The molecule has 7 nitrogen and oxygen atoms in total. The quantitative estimate of drug-likeness (QED) is 0.678. The third kappa shape index (κ3) is 4.19. The highest BCUT2D eigenvalue weighted by Crippen LogP contribution is 2.17. The maximum absolute atomic E-state index is 12.5. The Morgan fingerprint density at radius 1 is 1.32 bits per heavy atom. The largest absolute Gasteiger partial charge is 0.471 e. The predicted octanol–water partition coefficient (Wildman–Crippen LogP) is 2.58. The number of carbonyl (C=O) groups is 1.